The number of halogens is 1. The zero-order valence-electron chi connectivity index (χ0n) is 17.3. The van der Waals surface area contributed by atoms with Gasteiger partial charge in [0.2, 0.25) is 12.7 Å². The predicted octanol–water partition coefficient (Wildman–Crippen LogP) is 4.46. The minimum atomic E-state index is -0.769. The van der Waals surface area contributed by atoms with E-state index in [-0.39, 0.29) is 30.5 Å². The van der Waals surface area contributed by atoms with Crippen LogP contribution in [0.5, 0.6) is 11.5 Å². The third-order valence-electron chi connectivity index (χ3n) is 6.88. The number of hydrogen-bond donors (Lipinski definition) is 1. The van der Waals surface area contributed by atoms with Crippen LogP contribution in [0.1, 0.15) is 49.3 Å². The molecule has 3 aliphatic rings. The SMILES string of the molecule is O=C(/C=C/c1ccc2c(c1)OCO2)N1CC[C@]2(O)CCCC[C@H]2[C@H]1c1ccc(F)cc1. The van der Waals surface area contributed by atoms with Crippen LogP contribution < -0.4 is 9.47 Å². The monoisotopic (exact) mass is 423 g/mol. The first-order valence-corrected chi connectivity index (χ1v) is 10.9. The first-order valence-electron chi connectivity index (χ1n) is 10.9. The fraction of sp³-hybridized carbons (Fsp3) is 0.400. The minimum Gasteiger partial charge on any atom is -0.454 e. The standard InChI is InChI=1S/C25H26FNO4/c26-19-8-6-18(7-9-19)24-20-3-1-2-12-25(20,29)13-14-27(24)23(28)11-5-17-4-10-21-22(15-17)31-16-30-21/h4-11,15,20,24,29H,1-3,12-14,16H2/b11-5+/t20-,24+,25+/m0/s1. The summed E-state index contributed by atoms with van der Waals surface area (Å²) in [5.41, 5.74) is 0.952. The number of benzene rings is 2. The van der Waals surface area contributed by atoms with Crippen molar-refractivity contribution in [3.8, 4) is 11.5 Å². The molecule has 1 N–H and O–H groups in total. The van der Waals surface area contributed by atoms with E-state index < -0.39 is 5.60 Å². The Morgan fingerprint density at radius 3 is 2.74 bits per heavy atom. The van der Waals surface area contributed by atoms with Crippen molar-refractivity contribution in [3.05, 3.63) is 65.5 Å². The van der Waals surface area contributed by atoms with Gasteiger partial charge < -0.3 is 19.5 Å². The Kier molecular flexibility index (Phi) is 5.18. The van der Waals surface area contributed by atoms with Crippen molar-refractivity contribution in [3.63, 3.8) is 0 Å². The van der Waals surface area contributed by atoms with Crippen LogP contribution in [-0.4, -0.2) is 34.9 Å². The molecule has 162 valence electrons. The van der Waals surface area contributed by atoms with Gasteiger partial charge in [-0.05, 0) is 60.7 Å². The number of rotatable bonds is 3. The summed E-state index contributed by atoms with van der Waals surface area (Å²) >= 11 is 0. The summed E-state index contributed by atoms with van der Waals surface area (Å²) in [5, 5.41) is 11.3. The Bertz CT molecular complexity index is 1010. The molecule has 3 atom stereocenters. The number of aliphatic hydroxyl groups is 1. The fourth-order valence-corrected chi connectivity index (χ4v) is 5.28. The van der Waals surface area contributed by atoms with Crippen molar-refractivity contribution in [1.82, 2.24) is 4.90 Å². The Labute approximate surface area is 181 Å². The van der Waals surface area contributed by atoms with Gasteiger partial charge in [0.25, 0.3) is 0 Å². The number of carbonyl (C=O) groups excluding carboxylic acids is 1. The normalized spacial score (nSPS) is 27.4. The van der Waals surface area contributed by atoms with E-state index in [0.717, 1.165) is 36.8 Å². The van der Waals surface area contributed by atoms with Gasteiger partial charge in [0.1, 0.15) is 5.82 Å². The smallest absolute Gasteiger partial charge is 0.247 e. The number of fused-ring (bicyclic) bond motifs is 2. The Hall–Kier alpha value is -2.86. The van der Waals surface area contributed by atoms with E-state index >= 15 is 0 Å². The molecule has 2 aromatic rings. The molecule has 1 saturated heterocycles. The second kappa shape index (κ2) is 8.00. The first-order chi connectivity index (χ1) is 15.0. The number of piperidine rings is 1. The molecule has 0 bridgehead atoms. The summed E-state index contributed by atoms with van der Waals surface area (Å²) in [5.74, 6) is 0.901. The molecule has 2 aromatic carbocycles. The van der Waals surface area contributed by atoms with Crippen molar-refractivity contribution in [1.29, 1.82) is 0 Å². The van der Waals surface area contributed by atoms with Gasteiger partial charge in [-0.1, -0.05) is 31.0 Å². The van der Waals surface area contributed by atoms with Gasteiger partial charge in [0.15, 0.2) is 11.5 Å². The van der Waals surface area contributed by atoms with Gasteiger partial charge in [-0.15, -0.1) is 0 Å². The Morgan fingerprint density at radius 1 is 1.10 bits per heavy atom. The molecule has 31 heavy (non-hydrogen) atoms. The number of likely N-dealkylation sites (tertiary alicyclic amines) is 1. The van der Waals surface area contributed by atoms with E-state index in [4.69, 9.17) is 9.47 Å². The molecule has 6 heteroatoms. The predicted molar refractivity (Wildman–Crippen MR) is 114 cm³/mol. The van der Waals surface area contributed by atoms with Crippen LogP contribution >= 0.6 is 0 Å². The lowest BCUT2D eigenvalue weighted by Gasteiger charge is -2.52. The fourth-order valence-electron chi connectivity index (χ4n) is 5.28. The molecule has 1 aliphatic carbocycles. The van der Waals surface area contributed by atoms with E-state index in [1.807, 2.05) is 23.1 Å². The van der Waals surface area contributed by atoms with Gasteiger partial charge in [-0.25, -0.2) is 4.39 Å². The Morgan fingerprint density at radius 2 is 1.90 bits per heavy atom. The van der Waals surface area contributed by atoms with Crippen molar-refractivity contribution < 1.29 is 23.8 Å². The molecule has 1 amide bonds. The highest BCUT2D eigenvalue weighted by atomic mass is 19.1. The molecule has 2 heterocycles. The number of carbonyl (C=O) groups is 1. The van der Waals surface area contributed by atoms with Crippen molar-refractivity contribution in [2.24, 2.45) is 5.92 Å². The molecule has 0 aromatic heterocycles. The van der Waals surface area contributed by atoms with Crippen LogP contribution in [0.25, 0.3) is 6.08 Å². The van der Waals surface area contributed by atoms with Crippen molar-refractivity contribution in [2.45, 2.75) is 43.7 Å². The topological polar surface area (TPSA) is 59.0 Å². The third-order valence-corrected chi connectivity index (χ3v) is 6.88. The van der Waals surface area contributed by atoms with Crippen LogP contribution in [0.15, 0.2) is 48.5 Å². The highest BCUT2D eigenvalue weighted by molar-refractivity contribution is 5.92. The second-order valence-corrected chi connectivity index (χ2v) is 8.68. The van der Waals surface area contributed by atoms with Gasteiger partial charge in [0.05, 0.1) is 11.6 Å². The summed E-state index contributed by atoms with van der Waals surface area (Å²) in [4.78, 5) is 15.1. The lowest BCUT2D eigenvalue weighted by atomic mass is 9.66. The second-order valence-electron chi connectivity index (χ2n) is 8.68. The Balaban J connectivity index is 1.43. The summed E-state index contributed by atoms with van der Waals surface area (Å²) in [6, 6.07) is 11.6. The van der Waals surface area contributed by atoms with E-state index in [1.54, 1.807) is 24.3 Å². The summed E-state index contributed by atoms with van der Waals surface area (Å²) < 4.78 is 24.3. The number of amides is 1. The van der Waals surface area contributed by atoms with Gasteiger partial charge in [-0.2, -0.15) is 0 Å². The molecule has 2 fully saturated rings. The molecule has 0 radical (unpaired) electrons. The van der Waals surface area contributed by atoms with Crippen LogP contribution in [0, 0.1) is 11.7 Å². The third kappa shape index (κ3) is 3.81. The van der Waals surface area contributed by atoms with Crippen LogP contribution in [-0.2, 0) is 4.79 Å². The van der Waals surface area contributed by atoms with Gasteiger partial charge >= 0.3 is 0 Å². The highest BCUT2D eigenvalue weighted by Crippen LogP contribution is 2.49. The minimum absolute atomic E-state index is 0.0524. The molecule has 0 spiro atoms. The zero-order chi connectivity index (χ0) is 21.4. The van der Waals surface area contributed by atoms with Crippen LogP contribution in [0.2, 0.25) is 0 Å². The van der Waals surface area contributed by atoms with E-state index in [2.05, 4.69) is 0 Å². The average Bonchev–Trinajstić information content (AvgIpc) is 3.25. The van der Waals surface area contributed by atoms with Gasteiger partial charge in [-0.3, -0.25) is 4.79 Å². The summed E-state index contributed by atoms with van der Waals surface area (Å²) in [6.45, 7) is 0.679. The van der Waals surface area contributed by atoms with Crippen LogP contribution in [0.4, 0.5) is 4.39 Å². The van der Waals surface area contributed by atoms with E-state index in [1.165, 1.54) is 12.1 Å². The maximum absolute atomic E-state index is 13.6. The number of nitrogens with zero attached hydrogens (tertiary/aromatic N) is 1. The maximum Gasteiger partial charge on any atom is 0.247 e. The summed E-state index contributed by atoms with van der Waals surface area (Å²) in [7, 11) is 0. The van der Waals surface area contributed by atoms with E-state index in [0.29, 0.717) is 24.5 Å². The molecule has 1 saturated carbocycles. The molecule has 0 unspecified atom stereocenters. The van der Waals surface area contributed by atoms with Gasteiger partial charge in [0, 0.05) is 18.5 Å². The first kappa shape index (κ1) is 20.1. The highest BCUT2D eigenvalue weighted by Gasteiger charge is 2.49. The lowest BCUT2D eigenvalue weighted by molar-refractivity contribution is -0.150. The molecule has 2 aliphatic heterocycles. The molecule has 5 rings (SSSR count). The van der Waals surface area contributed by atoms with E-state index in [9.17, 15) is 14.3 Å². The quantitative estimate of drug-likeness (QED) is 0.741. The maximum atomic E-state index is 13.6. The van der Waals surface area contributed by atoms with Crippen molar-refractivity contribution in [2.75, 3.05) is 13.3 Å². The number of hydrogen-bond acceptors (Lipinski definition) is 4. The molecular formula is C25H26FNO4. The molecular weight excluding hydrogens is 397 g/mol. The molecule has 5 nitrogen and oxygen atoms in total. The van der Waals surface area contributed by atoms with Crippen molar-refractivity contribution >= 4 is 12.0 Å². The van der Waals surface area contributed by atoms with Crippen LogP contribution in [0.3, 0.4) is 0 Å². The summed E-state index contributed by atoms with van der Waals surface area (Å²) in [6.07, 6.45) is 7.55. The average molecular weight is 423 g/mol. The zero-order valence-corrected chi connectivity index (χ0v) is 17.3. The lowest BCUT2D eigenvalue weighted by Crippen LogP contribution is -2.56. The number of ether oxygens (including phenoxy) is 2. The largest absolute Gasteiger partial charge is 0.454 e.